The van der Waals surface area contributed by atoms with Crippen LogP contribution in [-0.2, 0) is 4.79 Å². The predicted molar refractivity (Wildman–Crippen MR) is 6.06 cm³/mol. The van der Waals surface area contributed by atoms with Gasteiger partial charge in [0.1, 0.15) is 0 Å². The maximum atomic E-state index is 8.25. The van der Waals surface area contributed by atoms with Gasteiger partial charge in [-0.3, -0.25) is 0 Å². The van der Waals surface area contributed by atoms with Crippen LogP contribution in [0.15, 0.2) is 0 Å². The molecule has 18 valence electrons. The third-order valence-electron chi connectivity index (χ3n) is 0. The molecule has 0 aliphatic rings. The van der Waals surface area contributed by atoms with Crippen molar-refractivity contribution in [3.63, 3.8) is 0 Å². The van der Waals surface area contributed by atoms with E-state index in [4.69, 9.17) is 9.90 Å². The number of carbonyl (C=O) groups excluding carboxylic acids is 1. The van der Waals surface area contributed by atoms with Crippen LogP contribution in [0.25, 0.3) is 0 Å². The van der Waals surface area contributed by atoms with Crippen molar-refractivity contribution in [1.29, 1.82) is 0 Å². The van der Waals surface area contributed by atoms with Gasteiger partial charge in [-0.25, -0.2) is 0 Å². The maximum Gasteiger partial charge on any atom is 1.00 e. The molecule has 0 N–H and O–H groups in total. The Hall–Kier alpha value is 1.11. The number of rotatable bonds is 0. The molecule has 0 saturated carbocycles. The second kappa shape index (κ2) is 8.93. The monoisotopic (exact) mass is 86.0 g/mol. The topological polar surface area (TPSA) is 40.1 Å². The van der Waals surface area contributed by atoms with Gasteiger partial charge in [0.2, 0.25) is 0 Å². The van der Waals surface area contributed by atoms with Gasteiger partial charge in [-0.2, -0.15) is 0 Å². The molecule has 0 heterocycles. The first-order valence-electron chi connectivity index (χ1n) is 0.471. The van der Waals surface area contributed by atoms with Crippen LogP contribution < -0.4 is 56.5 Å². The fourth-order valence-electron chi connectivity index (χ4n) is 0. The van der Waals surface area contributed by atoms with Crippen molar-refractivity contribution in [3.8, 4) is 0 Å². The number of carboxylic acid groups (broad SMARTS) is 1. The van der Waals surface area contributed by atoms with Crippen LogP contribution in [0.4, 0.5) is 0 Å². The zero-order valence-electron chi connectivity index (χ0n) is 2.39. The zero-order chi connectivity index (χ0) is 2.71. The van der Waals surface area contributed by atoms with E-state index in [9.17, 15) is 0 Å². The van der Waals surface area contributed by atoms with Gasteiger partial charge in [0, 0.05) is 6.47 Å². The minimum absolute atomic E-state index is 0. The van der Waals surface area contributed by atoms with Gasteiger partial charge < -0.3 is 9.90 Å². The molecule has 0 aromatic rings. The van der Waals surface area contributed by atoms with E-state index in [1.165, 1.54) is 0 Å². The Balaban J connectivity index is 0. The minimum atomic E-state index is -0.500. The molecule has 0 unspecified atom stereocenters. The van der Waals surface area contributed by atoms with Gasteiger partial charge in [-0.15, -0.1) is 0 Å². The smallest absolute Gasteiger partial charge is 0.554 e. The summed E-state index contributed by atoms with van der Waals surface area (Å²) in [5, 5.41) is 8.25. The molecule has 2 nitrogen and oxygen atoms in total. The molecule has 0 amide bonds. The molecule has 0 spiro atoms. The molecule has 0 aliphatic heterocycles. The summed E-state index contributed by atoms with van der Waals surface area (Å²) in [4.78, 5) is 8.25. The normalized spacial score (nSPS) is 3.00. The van der Waals surface area contributed by atoms with Gasteiger partial charge in [-0.05, 0) is 0 Å². The second-order valence-corrected chi connectivity index (χ2v) is 0.0962. The summed E-state index contributed by atoms with van der Waals surface area (Å²) in [6.45, 7) is -0.500. The molecule has 0 aliphatic carbocycles. The molecular formula is CHKO2. The minimum Gasteiger partial charge on any atom is -0.554 e. The summed E-state index contributed by atoms with van der Waals surface area (Å²) in [6, 6.07) is 0. The summed E-state index contributed by atoms with van der Waals surface area (Å²) in [5.74, 6) is 0. The van der Waals surface area contributed by atoms with Gasteiger partial charge in [0.25, 0.3) is 0 Å². The summed E-state index contributed by atoms with van der Waals surface area (Å²) >= 11 is 0. The van der Waals surface area contributed by atoms with E-state index in [0.717, 1.165) is 0 Å². The van der Waals surface area contributed by atoms with Gasteiger partial charge in [0.05, 0.1) is 0 Å². The molecule has 0 fully saturated rings. The quantitative estimate of drug-likeness (QED) is 0.220. The fraction of sp³-hybridized carbons (Fsp3) is 0. The Morgan fingerprint density at radius 1 is 1.75 bits per heavy atom. The Kier molecular flexibility index (Phi) is 19.9. The van der Waals surface area contributed by atoms with Crippen LogP contribution in [0.1, 0.15) is 0 Å². The van der Waals surface area contributed by atoms with Crippen LogP contribution in [0.5, 0.6) is 0 Å². The summed E-state index contributed by atoms with van der Waals surface area (Å²) < 4.78 is 0. The van der Waals surface area contributed by atoms with Gasteiger partial charge in [-0.1, -0.05) is 0 Å². The van der Waals surface area contributed by atoms with Crippen molar-refractivity contribution in [3.05, 3.63) is 0 Å². The van der Waals surface area contributed by atoms with E-state index in [-0.39, 0.29) is 51.4 Å². The first-order chi connectivity index (χ1) is 1.41. The molecular weight excluding hydrogens is 85.1 g/mol. The average molecular weight is 86.1 g/mol. The zero-order valence-corrected chi connectivity index (χ0v) is 5.52. The third kappa shape index (κ3) is 11.3. The Labute approximate surface area is 66.6 Å². The number of hydrogen-bond acceptors (Lipinski definition) is 2. The van der Waals surface area contributed by atoms with Crippen LogP contribution >= 0.6 is 0 Å². The number of hydrogen-bond donors (Lipinski definition) is 0. The molecule has 3 heteroatoms. The van der Waals surface area contributed by atoms with Gasteiger partial charge in [0.15, 0.2) is 0 Å². The molecule has 0 rings (SSSR count). The van der Waals surface area contributed by atoms with Crippen LogP contribution in [0.2, 0.25) is 0 Å². The number of carbonyl (C=O) groups is 1. The van der Waals surface area contributed by atoms with Crippen molar-refractivity contribution in [2.24, 2.45) is 0 Å². The van der Waals surface area contributed by atoms with E-state index in [0.29, 0.717) is 0 Å². The molecule has 0 bridgehead atoms. The first kappa shape index (κ1) is 8.92. The van der Waals surface area contributed by atoms with Crippen LogP contribution in [0.3, 0.4) is 0 Å². The average Bonchev–Trinajstić information content (AvgIpc) is 0.918. The molecule has 0 atom stereocenters. The van der Waals surface area contributed by atoms with Crippen molar-refractivity contribution in [1.82, 2.24) is 0 Å². The van der Waals surface area contributed by atoms with Crippen LogP contribution in [-0.4, -0.2) is 6.47 Å². The van der Waals surface area contributed by atoms with E-state index >= 15 is 0 Å². The van der Waals surface area contributed by atoms with E-state index in [1.54, 1.807) is 0 Å². The largest absolute Gasteiger partial charge is 1.00 e. The van der Waals surface area contributed by atoms with Crippen molar-refractivity contribution >= 4 is 6.47 Å². The summed E-state index contributed by atoms with van der Waals surface area (Å²) in [7, 11) is 0. The molecule has 0 aromatic carbocycles. The second-order valence-electron chi connectivity index (χ2n) is 0.0962. The maximum absolute atomic E-state index is 8.25. The SMILES string of the molecule is O=[14CH][O-].[K+]. The van der Waals surface area contributed by atoms with Gasteiger partial charge >= 0.3 is 51.4 Å². The molecule has 0 radical (unpaired) electrons. The van der Waals surface area contributed by atoms with E-state index in [2.05, 4.69) is 0 Å². The Bertz CT molecular complexity index is 13.5. The third-order valence-corrected chi connectivity index (χ3v) is 0. The van der Waals surface area contributed by atoms with Crippen molar-refractivity contribution in [2.75, 3.05) is 0 Å². The summed E-state index contributed by atoms with van der Waals surface area (Å²) in [5.41, 5.74) is 0. The summed E-state index contributed by atoms with van der Waals surface area (Å²) in [6.07, 6.45) is 0. The van der Waals surface area contributed by atoms with Crippen molar-refractivity contribution in [2.45, 2.75) is 0 Å². The fourth-order valence-corrected chi connectivity index (χ4v) is 0. The van der Waals surface area contributed by atoms with Crippen LogP contribution in [0, 0.1) is 0 Å². The van der Waals surface area contributed by atoms with Crippen molar-refractivity contribution < 1.29 is 61.3 Å². The Morgan fingerprint density at radius 3 is 1.75 bits per heavy atom. The van der Waals surface area contributed by atoms with E-state index < -0.39 is 6.47 Å². The van der Waals surface area contributed by atoms with E-state index in [1.807, 2.05) is 0 Å². The molecule has 0 saturated heterocycles. The standard InChI is InChI=1S/CH2O2.K/c2-1-3;/h1H,(H,2,3);/q;+1/p-1/i1+2;. The first-order valence-corrected chi connectivity index (χ1v) is 0.471. The predicted octanol–water partition coefficient (Wildman–Crippen LogP) is -4.63. The molecule has 4 heavy (non-hydrogen) atoms. The molecule has 0 aromatic heterocycles. The Morgan fingerprint density at radius 2 is 1.75 bits per heavy atom.